The average molecular weight is 1470 g/mol. The second kappa shape index (κ2) is 70.1. The number of aliphatic hydroxyl groups excluding tert-OH is 1. The Hall–Kier alpha value is -1.94. The van der Waals surface area contributed by atoms with Crippen LogP contribution in [0, 0.1) is 23.7 Å². The second-order valence-corrected chi connectivity index (χ2v) is 34.0. The Kier molecular flexibility index (Phi) is 68.7. The van der Waals surface area contributed by atoms with Crippen molar-refractivity contribution < 1.29 is 80.2 Å². The lowest BCUT2D eigenvalue weighted by molar-refractivity contribution is -0.161. The summed E-state index contributed by atoms with van der Waals surface area (Å²) < 4.78 is 68.7. The molecule has 2 unspecified atom stereocenters. The monoisotopic (exact) mass is 1470 g/mol. The first-order valence-corrected chi connectivity index (χ1v) is 44.7. The van der Waals surface area contributed by atoms with Crippen molar-refractivity contribution in [2.45, 2.75) is 433 Å². The van der Waals surface area contributed by atoms with Gasteiger partial charge in [-0.3, -0.25) is 37.3 Å². The predicted molar refractivity (Wildman–Crippen MR) is 409 cm³/mol. The molecule has 594 valence electrons. The molecule has 0 spiro atoms. The molecule has 0 fully saturated rings. The Balaban J connectivity index is 5.23. The third kappa shape index (κ3) is 74.3. The zero-order valence-electron chi connectivity index (χ0n) is 65.8. The van der Waals surface area contributed by atoms with Gasteiger partial charge in [0.2, 0.25) is 0 Å². The molecular formula is C81H158O17P2. The van der Waals surface area contributed by atoms with E-state index in [2.05, 4.69) is 55.4 Å². The number of hydrogen-bond acceptors (Lipinski definition) is 15. The van der Waals surface area contributed by atoms with Crippen LogP contribution in [0.15, 0.2) is 0 Å². The first-order chi connectivity index (χ1) is 48.1. The summed E-state index contributed by atoms with van der Waals surface area (Å²) in [4.78, 5) is 73.0. The maximum absolute atomic E-state index is 13.1. The molecule has 0 aliphatic carbocycles. The molecule has 0 saturated carbocycles. The average Bonchev–Trinajstić information content (AvgIpc) is 0.911. The number of unbranched alkanes of at least 4 members (excludes halogenated alkanes) is 44. The fourth-order valence-electron chi connectivity index (χ4n) is 12.4. The van der Waals surface area contributed by atoms with Crippen molar-refractivity contribution in [1.29, 1.82) is 0 Å². The lowest BCUT2D eigenvalue weighted by Crippen LogP contribution is -2.30. The Morgan fingerprint density at radius 3 is 0.620 bits per heavy atom. The van der Waals surface area contributed by atoms with Crippen molar-refractivity contribution in [2.75, 3.05) is 39.6 Å². The number of ether oxygens (including phenoxy) is 4. The highest BCUT2D eigenvalue weighted by atomic mass is 31.2. The maximum Gasteiger partial charge on any atom is 0.472 e. The highest BCUT2D eigenvalue weighted by Crippen LogP contribution is 2.45. The van der Waals surface area contributed by atoms with Crippen LogP contribution in [0.1, 0.15) is 415 Å². The molecule has 100 heavy (non-hydrogen) atoms. The van der Waals surface area contributed by atoms with Crippen LogP contribution < -0.4 is 0 Å². The smallest absolute Gasteiger partial charge is 0.462 e. The van der Waals surface area contributed by atoms with Gasteiger partial charge in [0.25, 0.3) is 0 Å². The van der Waals surface area contributed by atoms with Crippen LogP contribution >= 0.6 is 15.6 Å². The molecule has 19 heteroatoms. The van der Waals surface area contributed by atoms with Gasteiger partial charge < -0.3 is 33.8 Å². The van der Waals surface area contributed by atoms with Crippen LogP contribution in [-0.2, 0) is 65.4 Å². The van der Waals surface area contributed by atoms with Crippen molar-refractivity contribution in [3.63, 3.8) is 0 Å². The summed E-state index contributed by atoms with van der Waals surface area (Å²) in [6.45, 7) is 14.2. The number of rotatable bonds is 78. The number of esters is 4. The Labute approximate surface area is 613 Å². The van der Waals surface area contributed by atoms with Crippen LogP contribution in [0.25, 0.3) is 0 Å². The summed E-state index contributed by atoms with van der Waals surface area (Å²) in [6.07, 6.45) is 57.0. The van der Waals surface area contributed by atoms with Crippen LogP contribution in [0.4, 0.5) is 0 Å². The number of phosphoric acid groups is 2. The van der Waals surface area contributed by atoms with E-state index in [4.69, 9.17) is 37.0 Å². The highest BCUT2D eigenvalue weighted by Gasteiger charge is 2.30. The van der Waals surface area contributed by atoms with Crippen LogP contribution in [-0.4, -0.2) is 96.7 Å². The molecular weight excluding hydrogens is 1310 g/mol. The van der Waals surface area contributed by atoms with Crippen molar-refractivity contribution in [1.82, 2.24) is 0 Å². The van der Waals surface area contributed by atoms with Gasteiger partial charge in [0.1, 0.15) is 19.3 Å². The van der Waals surface area contributed by atoms with Crippen molar-refractivity contribution >= 4 is 39.5 Å². The van der Waals surface area contributed by atoms with E-state index in [0.717, 1.165) is 114 Å². The number of carbonyl (C=O) groups excluding carboxylic acids is 4. The fourth-order valence-corrected chi connectivity index (χ4v) is 14.0. The van der Waals surface area contributed by atoms with Crippen molar-refractivity contribution in [3.8, 4) is 0 Å². The molecule has 0 aliphatic heterocycles. The van der Waals surface area contributed by atoms with E-state index in [1.54, 1.807) is 0 Å². The van der Waals surface area contributed by atoms with E-state index in [1.807, 2.05) is 0 Å². The Morgan fingerprint density at radius 1 is 0.250 bits per heavy atom. The van der Waals surface area contributed by atoms with Gasteiger partial charge in [-0.2, -0.15) is 0 Å². The molecule has 17 nitrogen and oxygen atoms in total. The third-order valence-electron chi connectivity index (χ3n) is 18.8. The molecule has 0 aromatic heterocycles. The molecule has 5 atom stereocenters. The lowest BCUT2D eigenvalue weighted by atomic mass is 10.0. The first-order valence-electron chi connectivity index (χ1n) is 41.7. The third-order valence-corrected chi connectivity index (χ3v) is 20.7. The second-order valence-electron chi connectivity index (χ2n) is 31.1. The SMILES string of the molecule is CC(C)CCCCCCCCCCCCCCCCCCCCC(=O)O[C@H](COC(=O)CCCCCCCCCCCCCCC(C)C)COP(=O)(O)OC[C@@H](O)COP(=O)(O)OC[C@@H](COC(=O)CCCCCCCCCCCC(C)C)OC(=O)CCCCCCCCCCCC(C)C. The van der Waals surface area contributed by atoms with Crippen LogP contribution in [0.2, 0.25) is 0 Å². The van der Waals surface area contributed by atoms with Crippen LogP contribution in [0.3, 0.4) is 0 Å². The Bertz CT molecular complexity index is 1950. The van der Waals surface area contributed by atoms with E-state index in [9.17, 15) is 43.2 Å². The molecule has 3 N–H and O–H groups in total. The minimum Gasteiger partial charge on any atom is -0.462 e. The van der Waals surface area contributed by atoms with Gasteiger partial charge in [-0.15, -0.1) is 0 Å². The number of hydrogen-bond donors (Lipinski definition) is 3. The quantitative estimate of drug-likeness (QED) is 0.0222. The summed E-state index contributed by atoms with van der Waals surface area (Å²) in [5, 5.41) is 10.6. The summed E-state index contributed by atoms with van der Waals surface area (Å²) in [6, 6.07) is 0. The molecule has 0 radical (unpaired) electrons. The lowest BCUT2D eigenvalue weighted by Gasteiger charge is -2.21. The standard InChI is InChI=1S/C81H158O17P2/c1-71(2)57-49-41-33-25-19-15-13-11-9-10-12-14-16-22-30-39-47-55-63-80(85)97-76(67-91-78(83)61-53-45-37-29-21-18-17-20-26-34-42-50-58-72(3)4)69-95-99(87,88)93-65-75(82)66-94-100(89,90)96-70-77(98-81(86)64-56-48-40-32-24-28-36-44-52-60-74(7)8)68-92-79(84)62-54-46-38-31-23-27-35-43-51-59-73(5)6/h71-77,82H,9-70H2,1-8H3,(H,87,88)(H,89,90)/t75-,76-,77-/m1/s1. The molecule has 0 bridgehead atoms. The van der Waals surface area contributed by atoms with Crippen molar-refractivity contribution in [3.05, 3.63) is 0 Å². The summed E-state index contributed by atoms with van der Waals surface area (Å²) in [5.41, 5.74) is 0. The fraction of sp³-hybridized carbons (Fsp3) is 0.951. The predicted octanol–water partition coefficient (Wildman–Crippen LogP) is 24.0. The minimum absolute atomic E-state index is 0.105. The van der Waals surface area contributed by atoms with E-state index in [1.165, 1.54) is 218 Å². The number of phosphoric ester groups is 2. The molecule has 0 amide bonds. The van der Waals surface area contributed by atoms with E-state index in [0.29, 0.717) is 25.7 Å². The zero-order chi connectivity index (χ0) is 73.8. The largest absolute Gasteiger partial charge is 0.472 e. The van der Waals surface area contributed by atoms with E-state index in [-0.39, 0.29) is 25.7 Å². The molecule has 0 heterocycles. The van der Waals surface area contributed by atoms with Gasteiger partial charge in [0, 0.05) is 25.7 Å². The molecule has 0 aliphatic rings. The van der Waals surface area contributed by atoms with Gasteiger partial charge in [0.15, 0.2) is 12.2 Å². The molecule has 0 aromatic rings. The van der Waals surface area contributed by atoms with Gasteiger partial charge in [0.05, 0.1) is 26.4 Å². The summed E-state index contributed by atoms with van der Waals surface area (Å²) in [7, 11) is -9.92. The molecule has 0 aromatic carbocycles. The maximum atomic E-state index is 13.1. The molecule has 0 rings (SSSR count). The highest BCUT2D eigenvalue weighted by molar-refractivity contribution is 7.47. The normalized spacial score (nSPS) is 14.0. The van der Waals surface area contributed by atoms with Crippen LogP contribution in [0.5, 0.6) is 0 Å². The number of carbonyl (C=O) groups is 4. The van der Waals surface area contributed by atoms with Gasteiger partial charge in [-0.05, 0) is 49.4 Å². The van der Waals surface area contributed by atoms with Gasteiger partial charge >= 0.3 is 39.5 Å². The Morgan fingerprint density at radius 2 is 0.420 bits per heavy atom. The minimum atomic E-state index is -4.96. The zero-order valence-corrected chi connectivity index (χ0v) is 67.6. The first kappa shape index (κ1) is 98.1. The van der Waals surface area contributed by atoms with E-state index < -0.39 is 97.5 Å². The summed E-state index contributed by atoms with van der Waals surface area (Å²) in [5.74, 6) is 0.968. The van der Waals surface area contributed by atoms with Gasteiger partial charge in [-0.1, -0.05) is 364 Å². The number of aliphatic hydroxyl groups is 1. The summed E-state index contributed by atoms with van der Waals surface area (Å²) >= 11 is 0. The molecule has 0 saturated heterocycles. The van der Waals surface area contributed by atoms with Gasteiger partial charge in [-0.25, -0.2) is 9.13 Å². The van der Waals surface area contributed by atoms with E-state index >= 15 is 0 Å². The van der Waals surface area contributed by atoms with Crippen molar-refractivity contribution in [2.24, 2.45) is 23.7 Å². The topological polar surface area (TPSA) is 237 Å².